The lowest BCUT2D eigenvalue weighted by Gasteiger charge is -2.06. The first-order valence-electron chi connectivity index (χ1n) is 9.98. The van der Waals surface area contributed by atoms with Crippen molar-refractivity contribution in [2.45, 2.75) is 46.0 Å². The van der Waals surface area contributed by atoms with Gasteiger partial charge in [0.2, 0.25) is 5.90 Å². The lowest BCUT2D eigenvalue weighted by Crippen LogP contribution is -2.05. The Morgan fingerprint density at radius 2 is 1.68 bits per heavy atom. The predicted molar refractivity (Wildman–Crippen MR) is 112 cm³/mol. The van der Waals surface area contributed by atoms with Gasteiger partial charge in [-0.25, -0.2) is 9.79 Å². The number of cyclic esters (lactones) is 1. The average molecular weight is 377 g/mol. The van der Waals surface area contributed by atoms with Gasteiger partial charge < -0.3 is 9.47 Å². The molecule has 0 spiro atoms. The number of hydrogen-bond acceptors (Lipinski definition) is 4. The van der Waals surface area contributed by atoms with E-state index in [1.54, 1.807) is 6.08 Å². The fourth-order valence-electron chi connectivity index (χ4n) is 2.94. The van der Waals surface area contributed by atoms with Crippen molar-refractivity contribution in [2.75, 3.05) is 6.61 Å². The highest BCUT2D eigenvalue weighted by atomic mass is 16.6. The van der Waals surface area contributed by atoms with Gasteiger partial charge in [0.1, 0.15) is 5.75 Å². The molecular weight excluding hydrogens is 350 g/mol. The molecule has 146 valence electrons. The first-order chi connectivity index (χ1) is 13.7. The minimum Gasteiger partial charge on any atom is -0.494 e. The van der Waals surface area contributed by atoms with Crippen LogP contribution in [0, 0.1) is 6.92 Å². The lowest BCUT2D eigenvalue weighted by atomic mass is 10.1. The number of rotatable bonds is 9. The van der Waals surface area contributed by atoms with E-state index in [0.717, 1.165) is 35.5 Å². The van der Waals surface area contributed by atoms with Crippen LogP contribution in [0.25, 0.3) is 6.08 Å². The zero-order chi connectivity index (χ0) is 19.8. The third-order valence-corrected chi connectivity index (χ3v) is 4.62. The molecule has 4 heteroatoms. The van der Waals surface area contributed by atoms with E-state index in [1.807, 2.05) is 55.5 Å². The molecule has 0 fully saturated rings. The van der Waals surface area contributed by atoms with Gasteiger partial charge in [-0.05, 0) is 49.2 Å². The van der Waals surface area contributed by atoms with E-state index in [2.05, 4.69) is 11.9 Å². The van der Waals surface area contributed by atoms with Crippen molar-refractivity contribution < 1.29 is 14.3 Å². The molecule has 3 rings (SSSR count). The van der Waals surface area contributed by atoms with Crippen LogP contribution >= 0.6 is 0 Å². The van der Waals surface area contributed by atoms with Crippen LogP contribution in [0.5, 0.6) is 5.75 Å². The summed E-state index contributed by atoms with van der Waals surface area (Å²) in [7, 11) is 0. The summed E-state index contributed by atoms with van der Waals surface area (Å²) in [5.74, 6) is 0.762. The molecule has 0 saturated heterocycles. The van der Waals surface area contributed by atoms with E-state index in [9.17, 15) is 4.79 Å². The standard InChI is InChI=1S/C24H27NO3/c1-3-4-5-6-7-16-27-21-14-10-19(11-15-21)17-22-24(26)28-23(25-22)20-12-8-18(2)9-13-20/h8-15,17H,3-7,16H2,1-2H3/b22-17-. The number of aliphatic imine (C=N–C) groups is 1. The number of ether oxygens (including phenoxy) is 2. The SMILES string of the molecule is CCCCCCCOc1ccc(/C=C2\N=C(c3ccc(C)cc3)OC2=O)cc1. The summed E-state index contributed by atoms with van der Waals surface area (Å²) in [6.45, 7) is 4.96. The van der Waals surface area contributed by atoms with E-state index in [4.69, 9.17) is 9.47 Å². The smallest absolute Gasteiger partial charge is 0.363 e. The second-order valence-electron chi connectivity index (χ2n) is 7.03. The van der Waals surface area contributed by atoms with E-state index < -0.39 is 5.97 Å². The molecule has 28 heavy (non-hydrogen) atoms. The topological polar surface area (TPSA) is 47.9 Å². The summed E-state index contributed by atoms with van der Waals surface area (Å²) in [5, 5.41) is 0. The number of carbonyl (C=O) groups excluding carboxylic acids is 1. The van der Waals surface area contributed by atoms with Crippen LogP contribution in [-0.4, -0.2) is 18.5 Å². The van der Waals surface area contributed by atoms with Crippen LogP contribution in [0.2, 0.25) is 0 Å². The van der Waals surface area contributed by atoms with Crippen LogP contribution in [0.15, 0.2) is 59.2 Å². The minimum atomic E-state index is -0.428. The zero-order valence-corrected chi connectivity index (χ0v) is 16.6. The van der Waals surface area contributed by atoms with E-state index >= 15 is 0 Å². The highest BCUT2D eigenvalue weighted by molar-refractivity contribution is 6.12. The first kappa shape index (κ1) is 19.9. The molecule has 0 radical (unpaired) electrons. The molecule has 0 bridgehead atoms. The molecular formula is C24H27NO3. The number of aryl methyl sites for hydroxylation is 1. The Bertz CT molecular complexity index is 848. The number of carbonyl (C=O) groups is 1. The Morgan fingerprint density at radius 3 is 2.39 bits per heavy atom. The van der Waals surface area contributed by atoms with Crippen molar-refractivity contribution in [2.24, 2.45) is 4.99 Å². The van der Waals surface area contributed by atoms with Gasteiger partial charge in [-0.15, -0.1) is 0 Å². The van der Waals surface area contributed by atoms with Crippen LogP contribution in [0.4, 0.5) is 0 Å². The Labute approximate surface area is 166 Å². The summed E-state index contributed by atoms with van der Waals surface area (Å²) in [6, 6.07) is 15.4. The third kappa shape index (κ3) is 5.56. The molecule has 0 unspecified atom stereocenters. The maximum Gasteiger partial charge on any atom is 0.363 e. The quantitative estimate of drug-likeness (QED) is 0.320. The summed E-state index contributed by atoms with van der Waals surface area (Å²) in [5.41, 5.74) is 3.13. The van der Waals surface area contributed by atoms with Crippen molar-refractivity contribution in [1.82, 2.24) is 0 Å². The van der Waals surface area contributed by atoms with Gasteiger partial charge in [0.15, 0.2) is 5.70 Å². The average Bonchev–Trinajstić information content (AvgIpc) is 3.07. The van der Waals surface area contributed by atoms with Crippen molar-refractivity contribution in [3.63, 3.8) is 0 Å². The van der Waals surface area contributed by atoms with Gasteiger partial charge in [0, 0.05) is 5.56 Å². The molecule has 2 aromatic carbocycles. The van der Waals surface area contributed by atoms with Crippen LogP contribution < -0.4 is 4.74 Å². The molecule has 0 amide bonds. The number of nitrogens with zero attached hydrogens (tertiary/aromatic N) is 1. The summed E-state index contributed by atoms with van der Waals surface area (Å²) < 4.78 is 11.1. The van der Waals surface area contributed by atoms with Gasteiger partial charge in [-0.2, -0.15) is 0 Å². The van der Waals surface area contributed by atoms with E-state index in [0.29, 0.717) is 11.6 Å². The maximum atomic E-state index is 12.1. The number of benzene rings is 2. The Hall–Kier alpha value is -2.88. The maximum absolute atomic E-state index is 12.1. The molecule has 0 N–H and O–H groups in total. The van der Waals surface area contributed by atoms with Gasteiger partial charge in [-0.1, -0.05) is 62.4 Å². The number of unbranched alkanes of at least 4 members (excludes halogenated alkanes) is 4. The van der Waals surface area contributed by atoms with Crippen LogP contribution in [0.1, 0.15) is 55.7 Å². The summed E-state index contributed by atoms with van der Waals surface area (Å²) in [6.07, 6.45) is 7.84. The molecule has 1 heterocycles. The largest absolute Gasteiger partial charge is 0.494 e. The van der Waals surface area contributed by atoms with Crippen molar-refractivity contribution >= 4 is 17.9 Å². The minimum absolute atomic E-state index is 0.306. The fourth-order valence-corrected chi connectivity index (χ4v) is 2.94. The second-order valence-corrected chi connectivity index (χ2v) is 7.03. The van der Waals surface area contributed by atoms with Gasteiger partial charge >= 0.3 is 5.97 Å². The summed E-state index contributed by atoms with van der Waals surface area (Å²) >= 11 is 0. The van der Waals surface area contributed by atoms with Crippen LogP contribution in [-0.2, 0) is 9.53 Å². The van der Waals surface area contributed by atoms with Gasteiger partial charge in [0.05, 0.1) is 6.61 Å². The van der Waals surface area contributed by atoms with Gasteiger partial charge in [-0.3, -0.25) is 0 Å². The van der Waals surface area contributed by atoms with Crippen molar-refractivity contribution in [1.29, 1.82) is 0 Å². The van der Waals surface area contributed by atoms with Gasteiger partial charge in [0.25, 0.3) is 0 Å². The van der Waals surface area contributed by atoms with Crippen molar-refractivity contribution in [3.05, 3.63) is 70.9 Å². The second kappa shape index (κ2) is 9.88. The molecule has 0 aliphatic carbocycles. The third-order valence-electron chi connectivity index (χ3n) is 4.62. The molecule has 1 aliphatic heterocycles. The first-order valence-corrected chi connectivity index (χ1v) is 9.98. The fraction of sp³-hybridized carbons (Fsp3) is 0.333. The molecule has 4 nitrogen and oxygen atoms in total. The lowest BCUT2D eigenvalue weighted by molar-refractivity contribution is -0.129. The molecule has 0 atom stereocenters. The normalized spacial score (nSPS) is 14.9. The predicted octanol–water partition coefficient (Wildman–Crippen LogP) is 5.69. The van der Waals surface area contributed by atoms with Crippen molar-refractivity contribution in [3.8, 4) is 5.75 Å². The molecule has 0 saturated carbocycles. The highest BCUT2D eigenvalue weighted by Gasteiger charge is 2.23. The zero-order valence-electron chi connectivity index (χ0n) is 16.6. The van der Waals surface area contributed by atoms with Crippen LogP contribution in [0.3, 0.4) is 0 Å². The number of hydrogen-bond donors (Lipinski definition) is 0. The highest BCUT2D eigenvalue weighted by Crippen LogP contribution is 2.21. The monoisotopic (exact) mass is 377 g/mol. The molecule has 2 aromatic rings. The molecule has 0 aromatic heterocycles. The van der Waals surface area contributed by atoms with E-state index in [-0.39, 0.29) is 0 Å². The Morgan fingerprint density at radius 1 is 0.964 bits per heavy atom. The van der Waals surface area contributed by atoms with E-state index in [1.165, 1.54) is 25.7 Å². The molecule has 1 aliphatic rings. The Balaban J connectivity index is 1.58. The number of esters is 1. The summed E-state index contributed by atoms with van der Waals surface area (Å²) in [4.78, 5) is 16.5. The Kier molecular flexibility index (Phi) is 7.01.